The molecule has 2 aromatic carbocycles. The Bertz CT molecular complexity index is 1100. The smallest absolute Gasteiger partial charge is 0.329 e. The number of benzene rings is 2. The minimum Gasteiger partial charge on any atom is -0.378 e. The molecule has 0 unspecified atom stereocenters. The quantitative estimate of drug-likeness (QED) is 0.553. The second kappa shape index (κ2) is 9.19. The van der Waals surface area contributed by atoms with Gasteiger partial charge in [-0.05, 0) is 42.3 Å². The van der Waals surface area contributed by atoms with Crippen LogP contribution in [0.25, 0.3) is 6.08 Å². The fourth-order valence-corrected chi connectivity index (χ4v) is 3.60. The molecule has 4 rings (SSSR count). The Morgan fingerprint density at radius 1 is 1.19 bits per heavy atom. The van der Waals surface area contributed by atoms with Gasteiger partial charge >= 0.3 is 6.03 Å². The van der Waals surface area contributed by atoms with E-state index in [9.17, 15) is 18.8 Å². The Morgan fingerprint density at radius 2 is 1.94 bits per heavy atom. The summed E-state index contributed by atoms with van der Waals surface area (Å²) < 4.78 is 19.9. The average Bonchev–Trinajstić information content (AvgIpc) is 3.03. The monoisotopic (exact) mass is 438 g/mol. The minimum absolute atomic E-state index is 0.0165. The molecule has 0 atom stereocenters. The van der Waals surface area contributed by atoms with E-state index in [4.69, 9.17) is 4.74 Å². The zero-order chi connectivity index (χ0) is 22.7. The third-order valence-electron chi connectivity index (χ3n) is 5.32. The van der Waals surface area contributed by atoms with E-state index in [2.05, 4.69) is 10.6 Å². The third kappa shape index (κ3) is 4.62. The number of imide groups is 1. The number of hydrogen-bond acceptors (Lipinski definition) is 5. The Morgan fingerprint density at radius 3 is 2.66 bits per heavy atom. The van der Waals surface area contributed by atoms with Crippen LogP contribution in [0.5, 0.6) is 0 Å². The maximum Gasteiger partial charge on any atom is 0.329 e. The Labute approximate surface area is 184 Å². The van der Waals surface area contributed by atoms with Crippen LogP contribution in [0.15, 0.2) is 48.2 Å². The topological polar surface area (TPSA) is 91.0 Å². The molecular weight excluding hydrogens is 415 g/mol. The average molecular weight is 438 g/mol. The fraction of sp³-hybridized carbons (Fsp3) is 0.261. The number of anilines is 2. The molecule has 8 nitrogen and oxygen atoms in total. The molecule has 2 saturated heterocycles. The number of rotatable bonds is 5. The highest BCUT2D eigenvalue weighted by atomic mass is 19.1. The first kappa shape index (κ1) is 21.5. The zero-order valence-corrected chi connectivity index (χ0v) is 17.6. The van der Waals surface area contributed by atoms with E-state index in [-0.39, 0.29) is 5.70 Å². The summed E-state index contributed by atoms with van der Waals surface area (Å²) in [7, 11) is 0. The number of halogens is 1. The summed E-state index contributed by atoms with van der Waals surface area (Å²) in [4.78, 5) is 40.0. The van der Waals surface area contributed by atoms with Gasteiger partial charge in [0.25, 0.3) is 5.91 Å². The molecule has 2 aromatic rings. The van der Waals surface area contributed by atoms with E-state index in [1.54, 1.807) is 24.3 Å². The normalized spacial score (nSPS) is 17.6. The molecule has 2 heterocycles. The number of nitrogens with one attached hydrogen (secondary N) is 2. The van der Waals surface area contributed by atoms with Crippen LogP contribution < -0.4 is 15.5 Å². The number of morpholine rings is 1. The van der Waals surface area contributed by atoms with Crippen LogP contribution in [-0.4, -0.2) is 55.6 Å². The lowest BCUT2D eigenvalue weighted by atomic mass is 10.1. The highest BCUT2D eigenvalue weighted by Crippen LogP contribution is 2.23. The van der Waals surface area contributed by atoms with Crippen LogP contribution in [0.3, 0.4) is 0 Å². The standard InChI is InChI=1S/C23H23FN4O4/c1-15-4-2-3-5-18(15)25-21(29)14-28-22(30)19(26-23(28)31)13-16-6-7-20(17(24)12-16)27-8-10-32-11-9-27/h2-7,12-13H,8-11,14H2,1H3,(H,25,29)(H,26,31)/b19-13-. The molecular formula is C23H23FN4O4. The number of carbonyl (C=O) groups excluding carboxylic acids is 3. The number of nitrogens with zero attached hydrogens (tertiary/aromatic N) is 2. The summed E-state index contributed by atoms with van der Waals surface area (Å²) in [6.07, 6.45) is 1.39. The summed E-state index contributed by atoms with van der Waals surface area (Å²) in [5, 5.41) is 5.14. The van der Waals surface area contributed by atoms with E-state index >= 15 is 0 Å². The molecule has 0 radical (unpaired) electrons. The number of ether oxygens (including phenoxy) is 1. The van der Waals surface area contributed by atoms with Gasteiger partial charge in [0.1, 0.15) is 18.1 Å². The van der Waals surface area contributed by atoms with Gasteiger partial charge in [0.15, 0.2) is 0 Å². The summed E-state index contributed by atoms with van der Waals surface area (Å²) in [6, 6.07) is 11.1. The second-order valence-electron chi connectivity index (χ2n) is 7.55. The zero-order valence-electron chi connectivity index (χ0n) is 17.6. The summed E-state index contributed by atoms with van der Waals surface area (Å²) in [5.41, 5.74) is 2.34. The number of para-hydroxylation sites is 1. The molecule has 32 heavy (non-hydrogen) atoms. The largest absolute Gasteiger partial charge is 0.378 e. The molecule has 2 aliphatic heterocycles. The van der Waals surface area contributed by atoms with Crippen LogP contribution in [-0.2, 0) is 14.3 Å². The maximum absolute atomic E-state index is 14.6. The molecule has 2 aliphatic rings. The van der Waals surface area contributed by atoms with Crippen molar-refractivity contribution in [2.75, 3.05) is 43.1 Å². The van der Waals surface area contributed by atoms with Crippen LogP contribution in [0.2, 0.25) is 0 Å². The predicted molar refractivity (Wildman–Crippen MR) is 117 cm³/mol. The number of urea groups is 1. The first-order valence-electron chi connectivity index (χ1n) is 10.2. The van der Waals surface area contributed by atoms with E-state index in [1.165, 1.54) is 12.1 Å². The highest BCUT2D eigenvalue weighted by molar-refractivity contribution is 6.16. The van der Waals surface area contributed by atoms with Gasteiger partial charge in [-0.1, -0.05) is 24.3 Å². The van der Waals surface area contributed by atoms with Crippen molar-refractivity contribution in [3.8, 4) is 0 Å². The molecule has 4 amide bonds. The van der Waals surface area contributed by atoms with Crippen LogP contribution in [0.1, 0.15) is 11.1 Å². The summed E-state index contributed by atoms with van der Waals surface area (Å²) in [5.74, 6) is -1.56. The van der Waals surface area contributed by atoms with Crippen molar-refractivity contribution in [2.24, 2.45) is 0 Å². The fourth-order valence-electron chi connectivity index (χ4n) is 3.60. The van der Waals surface area contributed by atoms with Crippen LogP contribution >= 0.6 is 0 Å². The Hall–Kier alpha value is -3.72. The maximum atomic E-state index is 14.6. The van der Waals surface area contributed by atoms with Gasteiger partial charge in [-0.15, -0.1) is 0 Å². The van der Waals surface area contributed by atoms with Crippen molar-refractivity contribution in [3.05, 3.63) is 65.1 Å². The van der Waals surface area contributed by atoms with Gasteiger partial charge < -0.3 is 20.3 Å². The van der Waals surface area contributed by atoms with Crippen LogP contribution in [0, 0.1) is 12.7 Å². The van der Waals surface area contributed by atoms with Crippen LogP contribution in [0.4, 0.5) is 20.6 Å². The van der Waals surface area contributed by atoms with Gasteiger partial charge in [-0.25, -0.2) is 14.1 Å². The van der Waals surface area contributed by atoms with Crippen molar-refractivity contribution < 1.29 is 23.5 Å². The molecule has 2 N–H and O–H groups in total. The minimum atomic E-state index is -0.702. The molecule has 0 bridgehead atoms. The second-order valence-corrected chi connectivity index (χ2v) is 7.55. The van der Waals surface area contributed by atoms with E-state index in [0.29, 0.717) is 43.2 Å². The number of aryl methyl sites for hydroxylation is 1. The van der Waals surface area contributed by atoms with Crippen molar-refractivity contribution in [1.29, 1.82) is 0 Å². The van der Waals surface area contributed by atoms with Crippen molar-refractivity contribution >= 4 is 35.3 Å². The predicted octanol–water partition coefficient (Wildman–Crippen LogP) is 2.50. The molecule has 166 valence electrons. The van der Waals surface area contributed by atoms with Gasteiger partial charge in [-0.2, -0.15) is 0 Å². The van der Waals surface area contributed by atoms with Gasteiger partial charge in [0.05, 0.1) is 18.9 Å². The Kier molecular flexibility index (Phi) is 6.18. The lowest BCUT2D eigenvalue weighted by molar-refractivity contribution is -0.127. The third-order valence-corrected chi connectivity index (χ3v) is 5.32. The summed E-state index contributed by atoms with van der Waals surface area (Å²) >= 11 is 0. The van der Waals surface area contributed by atoms with Crippen molar-refractivity contribution in [3.63, 3.8) is 0 Å². The van der Waals surface area contributed by atoms with Crippen molar-refractivity contribution in [2.45, 2.75) is 6.92 Å². The lowest BCUT2D eigenvalue weighted by Crippen LogP contribution is -2.38. The number of amides is 4. The van der Waals surface area contributed by atoms with E-state index in [1.807, 2.05) is 24.0 Å². The summed E-state index contributed by atoms with van der Waals surface area (Å²) in [6.45, 7) is 3.70. The van der Waals surface area contributed by atoms with E-state index < -0.39 is 30.2 Å². The first-order valence-corrected chi connectivity index (χ1v) is 10.2. The number of hydrogen-bond donors (Lipinski definition) is 2. The highest BCUT2D eigenvalue weighted by Gasteiger charge is 2.35. The number of carbonyl (C=O) groups is 3. The lowest BCUT2D eigenvalue weighted by Gasteiger charge is -2.29. The molecule has 0 saturated carbocycles. The molecule has 9 heteroatoms. The van der Waals surface area contributed by atoms with Crippen molar-refractivity contribution in [1.82, 2.24) is 10.2 Å². The van der Waals surface area contributed by atoms with Gasteiger partial charge in [0.2, 0.25) is 5.91 Å². The first-order chi connectivity index (χ1) is 15.4. The molecule has 2 fully saturated rings. The Balaban J connectivity index is 1.44. The van der Waals surface area contributed by atoms with Gasteiger partial charge in [0, 0.05) is 18.8 Å². The molecule has 0 aliphatic carbocycles. The van der Waals surface area contributed by atoms with E-state index in [0.717, 1.165) is 10.5 Å². The SMILES string of the molecule is Cc1ccccc1NC(=O)CN1C(=O)N/C(=C\c2ccc(N3CCOCC3)c(F)c2)C1=O. The molecule has 0 spiro atoms. The molecule has 0 aromatic heterocycles. The van der Waals surface area contributed by atoms with Gasteiger partial charge in [-0.3, -0.25) is 9.59 Å².